The van der Waals surface area contributed by atoms with E-state index >= 15 is 0 Å². The quantitative estimate of drug-likeness (QED) is 0.630. The number of rotatable bonds is 6. The van der Waals surface area contributed by atoms with Gasteiger partial charge in [-0.2, -0.15) is 0 Å². The Hall–Kier alpha value is -1.82. The average molecular weight is 307 g/mol. The number of nitrogens with one attached hydrogen (secondary N) is 2. The van der Waals surface area contributed by atoms with E-state index in [1.807, 2.05) is 19.2 Å². The largest absolute Gasteiger partial charge is 0.465 e. The second kappa shape index (κ2) is 6.76. The van der Waals surface area contributed by atoms with Gasteiger partial charge in [0.05, 0.1) is 18.4 Å². The Kier molecular flexibility index (Phi) is 5.01. The van der Waals surface area contributed by atoms with E-state index in [0.717, 1.165) is 47.2 Å². The number of unbranched alkanes of at least 4 members (excludes halogenated alkanes) is 1. The van der Waals surface area contributed by atoms with E-state index in [2.05, 4.69) is 22.2 Å². The van der Waals surface area contributed by atoms with Crippen molar-refractivity contribution in [3.63, 3.8) is 0 Å². The van der Waals surface area contributed by atoms with Gasteiger partial charge in [-0.3, -0.25) is 0 Å². The number of esters is 1. The minimum Gasteiger partial charge on any atom is -0.465 e. The first-order chi connectivity index (χ1) is 10.1. The number of carbonyl (C=O) groups is 1. The van der Waals surface area contributed by atoms with E-state index in [4.69, 9.17) is 4.74 Å². The Morgan fingerprint density at radius 3 is 2.90 bits per heavy atom. The summed E-state index contributed by atoms with van der Waals surface area (Å²) >= 11 is 1.57. The lowest BCUT2D eigenvalue weighted by Gasteiger charge is -2.00. The van der Waals surface area contributed by atoms with Crippen molar-refractivity contribution in [2.45, 2.75) is 33.6 Å². The number of ether oxygens (including phenoxy) is 1. The molecule has 0 saturated heterocycles. The zero-order chi connectivity index (χ0) is 15.4. The van der Waals surface area contributed by atoms with Crippen LogP contribution in [0.25, 0.3) is 11.4 Å². The fourth-order valence-electron chi connectivity index (χ4n) is 2.26. The minimum atomic E-state index is -0.316. The van der Waals surface area contributed by atoms with Crippen molar-refractivity contribution in [1.82, 2.24) is 9.97 Å². The van der Waals surface area contributed by atoms with Crippen LogP contribution < -0.4 is 5.32 Å². The normalized spacial score (nSPS) is 10.7. The van der Waals surface area contributed by atoms with E-state index in [1.165, 1.54) is 7.11 Å². The molecule has 0 saturated carbocycles. The average Bonchev–Trinajstić information content (AvgIpc) is 3.03. The number of aromatic nitrogens is 2. The molecule has 2 rings (SSSR count). The maximum atomic E-state index is 11.8. The van der Waals surface area contributed by atoms with E-state index in [9.17, 15) is 4.79 Å². The molecule has 114 valence electrons. The zero-order valence-electron chi connectivity index (χ0n) is 12.9. The fraction of sp³-hybridized carbons (Fsp3) is 0.467. The Balaban J connectivity index is 2.25. The molecular formula is C15H21N3O2S. The highest BCUT2D eigenvalue weighted by Crippen LogP contribution is 2.30. The predicted molar refractivity (Wildman–Crippen MR) is 86.1 cm³/mol. The standard InChI is InChI=1S/C15H21N3O2S/c1-5-6-7-16-15-18-11(8-21-15)13-9(2)12(10(3)17-13)14(19)20-4/h8,17H,5-7H2,1-4H3,(H,16,18). The molecule has 0 amide bonds. The van der Waals surface area contributed by atoms with Gasteiger partial charge in [0.2, 0.25) is 0 Å². The lowest BCUT2D eigenvalue weighted by Crippen LogP contribution is -2.03. The van der Waals surface area contributed by atoms with Crippen molar-refractivity contribution >= 4 is 22.4 Å². The molecule has 2 aromatic rings. The first-order valence-electron chi connectivity index (χ1n) is 7.05. The zero-order valence-corrected chi connectivity index (χ0v) is 13.7. The van der Waals surface area contributed by atoms with Crippen molar-refractivity contribution in [3.8, 4) is 11.4 Å². The number of aryl methyl sites for hydroxylation is 1. The van der Waals surface area contributed by atoms with Gasteiger partial charge in [-0.1, -0.05) is 13.3 Å². The van der Waals surface area contributed by atoms with Crippen LogP contribution in [0.4, 0.5) is 5.13 Å². The van der Waals surface area contributed by atoms with Crippen LogP contribution in [0.15, 0.2) is 5.38 Å². The monoisotopic (exact) mass is 307 g/mol. The molecule has 0 aliphatic carbocycles. The molecule has 0 bridgehead atoms. The van der Waals surface area contributed by atoms with Crippen LogP contribution in [0.1, 0.15) is 41.4 Å². The third-order valence-electron chi connectivity index (χ3n) is 3.39. The van der Waals surface area contributed by atoms with E-state index in [-0.39, 0.29) is 5.97 Å². The number of hydrogen-bond donors (Lipinski definition) is 2. The van der Waals surface area contributed by atoms with Crippen molar-refractivity contribution in [1.29, 1.82) is 0 Å². The molecule has 0 fully saturated rings. The number of thiazole rings is 1. The summed E-state index contributed by atoms with van der Waals surface area (Å²) in [5, 5.41) is 6.21. The number of hydrogen-bond acceptors (Lipinski definition) is 5. The van der Waals surface area contributed by atoms with Crippen molar-refractivity contribution < 1.29 is 9.53 Å². The maximum Gasteiger partial charge on any atom is 0.339 e. The highest BCUT2D eigenvalue weighted by Gasteiger charge is 2.20. The molecule has 2 aromatic heterocycles. The number of aromatic amines is 1. The highest BCUT2D eigenvalue weighted by atomic mass is 32.1. The Bertz CT molecular complexity index is 631. The summed E-state index contributed by atoms with van der Waals surface area (Å²) in [6.07, 6.45) is 2.28. The molecule has 2 N–H and O–H groups in total. The summed E-state index contributed by atoms with van der Waals surface area (Å²) in [6.45, 7) is 6.87. The molecule has 0 radical (unpaired) electrons. The second-order valence-corrected chi connectivity index (χ2v) is 5.79. The summed E-state index contributed by atoms with van der Waals surface area (Å²) < 4.78 is 4.83. The molecular weight excluding hydrogens is 286 g/mol. The molecule has 0 aliphatic heterocycles. The van der Waals surface area contributed by atoms with Gasteiger partial charge in [0.15, 0.2) is 5.13 Å². The molecule has 0 aromatic carbocycles. The van der Waals surface area contributed by atoms with Crippen LogP contribution in [-0.2, 0) is 4.74 Å². The first kappa shape index (κ1) is 15.6. The van der Waals surface area contributed by atoms with Gasteiger partial charge in [-0.15, -0.1) is 11.3 Å². The number of carbonyl (C=O) groups excluding carboxylic acids is 1. The van der Waals surface area contributed by atoms with E-state index in [0.29, 0.717) is 5.56 Å². The molecule has 0 spiro atoms. The molecule has 2 heterocycles. The number of methoxy groups -OCH3 is 1. The van der Waals surface area contributed by atoms with Crippen LogP contribution in [0.2, 0.25) is 0 Å². The van der Waals surface area contributed by atoms with Crippen molar-refractivity contribution in [2.75, 3.05) is 19.0 Å². The van der Waals surface area contributed by atoms with Gasteiger partial charge < -0.3 is 15.0 Å². The SMILES string of the molecule is CCCCNc1nc(-c2[nH]c(C)c(C(=O)OC)c2C)cs1. The smallest absolute Gasteiger partial charge is 0.339 e. The van der Waals surface area contributed by atoms with Crippen LogP contribution in [0.5, 0.6) is 0 Å². The molecule has 5 nitrogen and oxygen atoms in total. The topological polar surface area (TPSA) is 67.0 Å². The predicted octanol–water partition coefficient (Wildman–Crippen LogP) is 3.75. The van der Waals surface area contributed by atoms with Gasteiger partial charge in [-0.25, -0.2) is 9.78 Å². The Labute approximate surface area is 128 Å². The van der Waals surface area contributed by atoms with Gasteiger partial charge in [0.25, 0.3) is 0 Å². The molecule has 21 heavy (non-hydrogen) atoms. The van der Waals surface area contributed by atoms with Crippen LogP contribution in [0, 0.1) is 13.8 Å². The molecule has 0 unspecified atom stereocenters. The van der Waals surface area contributed by atoms with E-state index < -0.39 is 0 Å². The van der Waals surface area contributed by atoms with Crippen LogP contribution in [0.3, 0.4) is 0 Å². The lowest BCUT2D eigenvalue weighted by molar-refractivity contribution is 0.0599. The maximum absolute atomic E-state index is 11.8. The fourth-order valence-corrected chi connectivity index (χ4v) is 2.99. The summed E-state index contributed by atoms with van der Waals surface area (Å²) in [5.74, 6) is -0.316. The first-order valence-corrected chi connectivity index (χ1v) is 7.93. The Morgan fingerprint density at radius 1 is 1.48 bits per heavy atom. The summed E-state index contributed by atoms with van der Waals surface area (Å²) in [4.78, 5) is 19.6. The molecule has 6 heteroatoms. The summed E-state index contributed by atoms with van der Waals surface area (Å²) in [7, 11) is 1.40. The summed E-state index contributed by atoms with van der Waals surface area (Å²) in [5.41, 5.74) is 4.02. The summed E-state index contributed by atoms with van der Waals surface area (Å²) in [6, 6.07) is 0. The van der Waals surface area contributed by atoms with Gasteiger partial charge >= 0.3 is 5.97 Å². The van der Waals surface area contributed by atoms with Gasteiger partial charge in [-0.05, 0) is 25.8 Å². The number of anilines is 1. The van der Waals surface area contributed by atoms with Crippen molar-refractivity contribution in [2.24, 2.45) is 0 Å². The second-order valence-electron chi connectivity index (χ2n) is 4.93. The molecule has 0 atom stereocenters. The minimum absolute atomic E-state index is 0.316. The number of H-pyrrole nitrogens is 1. The Morgan fingerprint density at radius 2 is 2.24 bits per heavy atom. The van der Waals surface area contributed by atoms with Crippen LogP contribution in [-0.4, -0.2) is 29.6 Å². The molecule has 0 aliphatic rings. The van der Waals surface area contributed by atoms with Gasteiger partial charge in [0.1, 0.15) is 5.69 Å². The van der Waals surface area contributed by atoms with Gasteiger partial charge in [0, 0.05) is 17.6 Å². The number of nitrogens with zero attached hydrogens (tertiary/aromatic N) is 1. The third-order valence-corrected chi connectivity index (χ3v) is 4.19. The van der Waals surface area contributed by atoms with E-state index in [1.54, 1.807) is 11.3 Å². The highest BCUT2D eigenvalue weighted by molar-refractivity contribution is 7.14. The van der Waals surface area contributed by atoms with Crippen molar-refractivity contribution in [3.05, 3.63) is 22.2 Å². The lowest BCUT2D eigenvalue weighted by atomic mass is 10.1. The van der Waals surface area contributed by atoms with Crippen LogP contribution >= 0.6 is 11.3 Å². The third kappa shape index (κ3) is 3.26.